The van der Waals surface area contributed by atoms with Crippen LogP contribution in [0.15, 0.2) is 85.1 Å². The summed E-state index contributed by atoms with van der Waals surface area (Å²) in [5, 5.41) is 0. The SMILES string of the molecule is CC/C=C\C/C=C\C/C=C\C/C=C\CCCCCCC(=O)OCC(COCCCCCCCCCCCC/C=C\CCCCCCCC)OC(=O)CCCCCCC/C=C\C/C=C\CCC. The summed E-state index contributed by atoms with van der Waals surface area (Å²) in [4.78, 5) is 25.5. The predicted molar refractivity (Wildman–Crippen MR) is 288 cm³/mol. The Bertz CT molecular complexity index is 1220. The van der Waals surface area contributed by atoms with Gasteiger partial charge >= 0.3 is 11.9 Å². The second-order valence-corrected chi connectivity index (χ2v) is 18.4. The van der Waals surface area contributed by atoms with E-state index >= 15 is 0 Å². The molecule has 1 unspecified atom stereocenters. The van der Waals surface area contributed by atoms with Crippen molar-refractivity contribution in [2.24, 2.45) is 0 Å². The largest absolute Gasteiger partial charge is 0.462 e. The molecule has 0 bridgehead atoms. The van der Waals surface area contributed by atoms with Crippen LogP contribution in [-0.2, 0) is 23.8 Å². The summed E-state index contributed by atoms with van der Waals surface area (Å²) in [6.45, 7) is 7.62. The highest BCUT2D eigenvalue weighted by Crippen LogP contribution is 2.14. The minimum Gasteiger partial charge on any atom is -0.462 e. The molecule has 0 radical (unpaired) electrons. The number of ether oxygens (including phenoxy) is 3. The Morgan fingerprint density at radius 1 is 0.348 bits per heavy atom. The molecule has 0 amide bonds. The normalized spacial score (nSPS) is 12.8. The van der Waals surface area contributed by atoms with Crippen molar-refractivity contribution in [3.8, 4) is 0 Å². The smallest absolute Gasteiger partial charge is 0.306 e. The van der Waals surface area contributed by atoms with Crippen LogP contribution in [0.2, 0.25) is 0 Å². The first-order valence-corrected chi connectivity index (χ1v) is 28.1. The van der Waals surface area contributed by atoms with E-state index in [-0.39, 0.29) is 25.2 Å². The van der Waals surface area contributed by atoms with E-state index in [0.717, 1.165) is 109 Å². The molecule has 0 aromatic heterocycles. The van der Waals surface area contributed by atoms with Gasteiger partial charge in [-0.1, -0.05) is 228 Å². The lowest BCUT2D eigenvalue weighted by atomic mass is 10.1. The minimum atomic E-state index is -0.558. The number of esters is 2. The maximum atomic E-state index is 12.8. The summed E-state index contributed by atoms with van der Waals surface area (Å²) < 4.78 is 17.4. The highest BCUT2D eigenvalue weighted by Gasteiger charge is 2.17. The quantitative estimate of drug-likeness (QED) is 0.0346. The van der Waals surface area contributed by atoms with Crippen molar-refractivity contribution in [3.05, 3.63) is 85.1 Å². The molecule has 1 atom stereocenters. The Kier molecular flexibility index (Phi) is 53.9. The molecule has 0 aliphatic rings. The van der Waals surface area contributed by atoms with Crippen LogP contribution in [0.3, 0.4) is 0 Å². The highest BCUT2D eigenvalue weighted by molar-refractivity contribution is 5.70. The molecule has 380 valence electrons. The summed E-state index contributed by atoms with van der Waals surface area (Å²) in [6, 6.07) is 0. The van der Waals surface area contributed by atoms with Gasteiger partial charge in [-0.05, 0) is 109 Å². The van der Waals surface area contributed by atoms with Crippen LogP contribution in [0.25, 0.3) is 0 Å². The molecule has 0 saturated carbocycles. The third-order valence-corrected chi connectivity index (χ3v) is 11.9. The lowest BCUT2D eigenvalue weighted by Gasteiger charge is -2.18. The number of unbranched alkanes of at least 4 members (excludes halogenated alkanes) is 26. The summed E-state index contributed by atoms with van der Waals surface area (Å²) >= 11 is 0. The van der Waals surface area contributed by atoms with Gasteiger partial charge in [0.1, 0.15) is 6.61 Å². The Balaban J connectivity index is 4.29. The van der Waals surface area contributed by atoms with Crippen molar-refractivity contribution in [2.45, 2.75) is 271 Å². The molecule has 0 spiro atoms. The molecule has 0 rings (SSSR count). The van der Waals surface area contributed by atoms with Crippen molar-refractivity contribution in [1.29, 1.82) is 0 Å². The van der Waals surface area contributed by atoms with E-state index in [0.29, 0.717) is 19.4 Å². The fourth-order valence-electron chi connectivity index (χ4n) is 7.71. The molecule has 0 aromatic carbocycles. The number of allylic oxidation sites excluding steroid dienone is 14. The van der Waals surface area contributed by atoms with Gasteiger partial charge in [-0.25, -0.2) is 0 Å². The first-order valence-electron chi connectivity index (χ1n) is 28.1. The molecular weight excluding hydrogens is 813 g/mol. The molecule has 0 heterocycles. The summed E-state index contributed by atoms with van der Waals surface area (Å²) in [5.74, 6) is -0.438. The maximum absolute atomic E-state index is 12.8. The first-order chi connectivity index (χ1) is 32.6. The highest BCUT2D eigenvalue weighted by atomic mass is 16.6. The average molecular weight is 920 g/mol. The third kappa shape index (κ3) is 53.7. The fraction of sp³-hybridized carbons (Fsp3) is 0.738. The third-order valence-electron chi connectivity index (χ3n) is 11.9. The first kappa shape index (κ1) is 63.1. The molecule has 5 heteroatoms. The van der Waals surface area contributed by atoms with E-state index in [9.17, 15) is 9.59 Å². The van der Waals surface area contributed by atoms with Gasteiger partial charge in [-0.3, -0.25) is 9.59 Å². The Morgan fingerprint density at radius 2 is 0.712 bits per heavy atom. The number of hydrogen-bond donors (Lipinski definition) is 0. The Hall–Kier alpha value is -2.92. The van der Waals surface area contributed by atoms with Crippen LogP contribution in [0, 0.1) is 0 Å². The van der Waals surface area contributed by atoms with Crippen LogP contribution in [0.5, 0.6) is 0 Å². The number of carbonyl (C=O) groups is 2. The minimum absolute atomic E-state index is 0.0638. The molecule has 0 aliphatic heterocycles. The average Bonchev–Trinajstić information content (AvgIpc) is 3.32. The predicted octanol–water partition coefficient (Wildman–Crippen LogP) is 19.2. The summed E-state index contributed by atoms with van der Waals surface area (Å²) in [7, 11) is 0. The van der Waals surface area contributed by atoms with Crippen molar-refractivity contribution in [3.63, 3.8) is 0 Å². The Morgan fingerprint density at radius 3 is 1.17 bits per heavy atom. The van der Waals surface area contributed by atoms with Crippen LogP contribution in [0.4, 0.5) is 0 Å². The summed E-state index contributed by atoms with van der Waals surface area (Å²) in [6.07, 6.45) is 74.6. The van der Waals surface area contributed by atoms with E-state index in [1.807, 2.05) is 0 Å². The van der Waals surface area contributed by atoms with Gasteiger partial charge in [0.2, 0.25) is 0 Å². The van der Waals surface area contributed by atoms with Crippen molar-refractivity contribution >= 4 is 11.9 Å². The van der Waals surface area contributed by atoms with E-state index < -0.39 is 6.10 Å². The van der Waals surface area contributed by atoms with Gasteiger partial charge in [0.25, 0.3) is 0 Å². The molecule has 0 aliphatic carbocycles. The topological polar surface area (TPSA) is 61.8 Å². The number of carbonyl (C=O) groups excluding carboxylic acids is 2. The molecule has 0 fully saturated rings. The van der Waals surface area contributed by atoms with Crippen LogP contribution in [0.1, 0.15) is 265 Å². The standard InChI is InChI=1S/C61H106O5/c1-4-7-10-13-16-19-22-25-27-29-30-31-33-35-38-41-44-47-50-53-56-64-57-59(66-61(63)55-52-49-46-43-40-36-24-21-18-15-12-9-6-3)58-65-60(62)54-51-48-45-42-39-37-34-32-28-26-23-20-17-14-11-8-5-2/h8,11-12,15,17,20-21,24-28,34,37,59H,4-7,9-10,13-14,16,18-19,22-23,29-33,35-36,38-58H2,1-3H3/b11-8-,15-12-,20-17-,24-21-,27-25-,28-26-,37-34-. The molecule has 66 heavy (non-hydrogen) atoms. The van der Waals surface area contributed by atoms with Gasteiger partial charge < -0.3 is 14.2 Å². The molecular formula is C61H106O5. The second-order valence-electron chi connectivity index (χ2n) is 18.4. The molecule has 5 nitrogen and oxygen atoms in total. The fourth-order valence-corrected chi connectivity index (χ4v) is 7.71. The van der Waals surface area contributed by atoms with Crippen molar-refractivity contribution < 1.29 is 23.8 Å². The van der Waals surface area contributed by atoms with Gasteiger partial charge in [-0.2, -0.15) is 0 Å². The zero-order chi connectivity index (χ0) is 47.7. The molecule has 0 saturated heterocycles. The van der Waals surface area contributed by atoms with Crippen LogP contribution < -0.4 is 0 Å². The van der Waals surface area contributed by atoms with E-state index in [2.05, 4.69) is 106 Å². The number of hydrogen-bond acceptors (Lipinski definition) is 5. The zero-order valence-corrected chi connectivity index (χ0v) is 43.7. The second kappa shape index (κ2) is 56.4. The monoisotopic (exact) mass is 919 g/mol. The number of rotatable bonds is 51. The molecule has 0 N–H and O–H groups in total. The van der Waals surface area contributed by atoms with Crippen molar-refractivity contribution in [1.82, 2.24) is 0 Å². The molecule has 0 aromatic rings. The van der Waals surface area contributed by atoms with E-state index in [1.54, 1.807) is 0 Å². The van der Waals surface area contributed by atoms with Crippen LogP contribution in [-0.4, -0.2) is 37.9 Å². The van der Waals surface area contributed by atoms with E-state index in [1.165, 1.54) is 122 Å². The van der Waals surface area contributed by atoms with E-state index in [4.69, 9.17) is 14.2 Å². The lowest BCUT2D eigenvalue weighted by molar-refractivity contribution is -0.163. The zero-order valence-electron chi connectivity index (χ0n) is 43.7. The van der Waals surface area contributed by atoms with Gasteiger partial charge in [0.05, 0.1) is 6.61 Å². The lowest BCUT2D eigenvalue weighted by Crippen LogP contribution is -2.30. The summed E-state index contributed by atoms with van der Waals surface area (Å²) in [5.41, 5.74) is 0. The van der Waals surface area contributed by atoms with Crippen LogP contribution >= 0.6 is 0 Å². The van der Waals surface area contributed by atoms with Crippen molar-refractivity contribution in [2.75, 3.05) is 19.8 Å². The maximum Gasteiger partial charge on any atom is 0.306 e. The van der Waals surface area contributed by atoms with Gasteiger partial charge in [0, 0.05) is 19.4 Å². The van der Waals surface area contributed by atoms with Gasteiger partial charge in [0.15, 0.2) is 6.10 Å². The Labute approximate surface area is 409 Å². The van der Waals surface area contributed by atoms with Gasteiger partial charge in [-0.15, -0.1) is 0 Å².